The van der Waals surface area contributed by atoms with Gasteiger partial charge >= 0.3 is 0 Å². The van der Waals surface area contributed by atoms with Crippen LogP contribution in [0.25, 0.3) is 45.6 Å². The van der Waals surface area contributed by atoms with Gasteiger partial charge in [-0.3, -0.25) is 33.5 Å². The summed E-state index contributed by atoms with van der Waals surface area (Å²) in [4.78, 5) is 107. The molecule has 8 fully saturated rings. The van der Waals surface area contributed by atoms with Crippen molar-refractivity contribution < 1.29 is 9.90 Å². The molecule has 4 saturated carbocycles. The van der Waals surface area contributed by atoms with Gasteiger partial charge in [-0.2, -0.15) is 24.9 Å². The Hall–Kier alpha value is -12.4. The van der Waals surface area contributed by atoms with Crippen LogP contribution in [0.2, 0.25) is 0 Å². The summed E-state index contributed by atoms with van der Waals surface area (Å²) in [5, 5.41) is 33.7. The second-order valence-electron chi connectivity index (χ2n) is 40.8. The Bertz CT molecular complexity index is 6310. The zero-order chi connectivity index (χ0) is 93.6. The number of fused-ring (bicyclic) bond motifs is 17. The van der Waals surface area contributed by atoms with Gasteiger partial charge in [0.2, 0.25) is 17.8 Å². The fraction of sp³-hybridized carbons (Fsp3) is 0.554. The Labute approximate surface area is 801 Å². The number of aryl methyl sites for hydroxylation is 3. The number of carbonyl (C=O) groups is 1. The minimum absolute atomic E-state index is 0.000259. The largest absolute Gasteiger partial charge is 0.491 e. The van der Waals surface area contributed by atoms with Gasteiger partial charge in [-0.05, 0) is 179 Å². The average Bonchev–Trinajstić information content (AvgIpc) is 1.60. The van der Waals surface area contributed by atoms with E-state index in [1.165, 1.54) is 76.2 Å². The van der Waals surface area contributed by atoms with Crippen molar-refractivity contribution in [2.24, 2.45) is 21.3 Å². The van der Waals surface area contributed by atoms with Crippen molar-refractivity contribution in [2.45, 2.75) is 232 Å². The van der Waals surface area contributed by atoms with E-state index >= 15 is 0 Å². The Morgan fingerprint density at radius 1 is 0.445 bits per heavy atom. The summed E-state index contributed by atoms with van der Waals surface area (Å²) in [6.45, 7) is 40.3. The molecule has 0 bridgehead atoms. The number of piperazine rings is 4. The van der Waals surface area contributed by atoms with Crippen molar-refractivity contribution in [3.8, 4) is 40.4 Å². The topological polar surface area (TPSA) is 362 Å². The molecule has 4 saturated heterocycles. The standard InChI is InChI=1S/C28H38N6O.C25H33N9O.C24H32N10.C24H29N9/c1-19(2)33-12-14-34(15-13-33)21-6-7-24(29-18-21)31-27-30-17-20-16-22-23(35)8-11-28(9-4-3-5-10-28)25(22)26(20)32-27;1-17(2)32-10-12-33(13-11-32)18-6-7-20(26-14-18)30-24-27-15-19-21(31-24)34-22(23(35)29-19)28-16-25(34)8-4-3-5-9-25;1-17(2)32-10-12-33(13-11-32)18-6-7-20(25-14-18)28-22-26-15-19-21(29-22)34-23(31-30-19)27-16-24(34)8-4-3-5-9-24;1-16(2)30-6-8-31(9-7-30)19-4-5-21(25-14-19)28-24-26-13-18-12-20-23-27-17(3)15-32(23)10-11-33(20)22(18)29-24/h6-7,17-19,22,25H,3-5,8-16H2,1-2H3,(H,29,30,31,32);6-7,14-15,17,28,35H,3-5,8-13,16H2,1-2H3;6-7,14-15,17H,3-5,8-13,16H2,1-2H3,(H,27,31);4-5,12-16H,6-11H2,1-3H3,(H,25,26,28,29). The number of hydrogen-bond donors (Lipinski definition) is 5. The van der Waals surface area contributed by atoms with E-state index in [-0.39, 0.29) is 34.2 Å². The number of aromatic hydroxyl groups is 1. The predicted molar refractivity (Wildman–Crippen MR) is 532 cm³/mol. The minimum atomic E-state index is -0.0859. The van der Waals surface area contributed by atoms with Crippen LogP contribution in [0, 0.1) is 18.3 Å². The minimum Gasteiger partial charge on any atom is -0.491 e. The van der Waals surface area contributed by atoms with Gasteiger partial charge in [-0.1, -0.05) is 57.8 Å². The van der Waals surface area contributed by atoms with E-state index in [1.54, 1.807) is 12.4 Å². The number of aromatic nitrogens is 20. The third-order valence-electron chi connectivity index (χ3n) is 31.4. The van der Waals surface area contributed by atoms with Crippen LogP contribution in [0.3, 0.4) is 0 Å². The molecule has 16 aliphatic rings. The van der Waals surface area contributed by atoms with Crippen LogP contribution in [0.5, 0.6) is 5.88 Å². The molecule has 36 nitrogen and oxygen atoms in total. The van der Waals surface area contributed by atoms with Gasteiger partial charge in [0, 0.05) is 197 Å². The van der Waals surface area contributed by atoms with Gasteiger partial charge in [0.1, 0.15) is 34.5 Å². The molecular weight excluding hydrogens is 1720 g/mol. The van der Waals surface area contributed by atoms with Crippen LogP contribution in [-0.4, -0.2) is 271 Å². The normalized spacial score (nSPS) is 21.0. The first-order valence-corrected chi connectivity index (χ1v) is 50.5. The molecule has 24 rings (SSSR count). The molecule has 0 amide bonds. The quantitative estimate of drug-likeness (QED) is 0.0675. The highest BCUT2D eigenvalue weighted by molar-refractivity contribution is 5.85. The SMILES string of the molecule is CC(C)N1CCN(c2ccc(N=c3ncc4nc(O)c5n(c-4n3)C3(CCCCC3)CN5)nc2)CC1.CC(C)N1CCN(c2ccc(N=c3ncc4nnc5n(c-4n3)C3(CCCCC3)CN5)nc2)CC1.CC(C)N1CCN(c2ccc(Nc3ncc4c(n3)C3C(C4)C(=O)CCC34CCCCC4)nc2)CC1.Cc1cn2c(n1)-c1cc3cnc(Nc4ccc(N5CCN(C(C)C)CC5)cn4)nc3n1CC2. The van der Waals surface area contributed by atoms with Gasteiger partial charge in [-0.15, -0.1) is 10.2 Å². The molecule has 0 aromatic carbocycles. The van der Waals surface area contributed by atoms with Crippen molar-refractivity contribution in [1.29, 1.82) is 0 Å². The Morgan fingerprint density at radius 3 is 1.44 bits per heavy atom. The summed E-state index contributed by atoms with van der Waals surface area (Å²) in [5.74, 6) is 8.59. The number of ketones is 1. The third kappa shape index (κ3) is 18.8. The molecule has 36 heteroatoms. The highest BCUT2D eigenvalue weighted by Gasteiger charge is 2.54. The molecule has 5 N–H and O–H groups in total. The van der Waals surface area contributed by atoms with Crippen LogP contribution in [-0.2, 0) is 35.4 Å². The molecule has 5 aliphatic carbocycles. The molecule has 11 aliphatic heterocycles. The number of anilines is 10. The Kier molecular flexibility index (Phi) is 25.8. The number of hydrogen-bond acceptors (Lipinski definition) is 32. The maximum absolute atomic E-state index is 12.9. The second kappa shape index (κ2) is 38.9. The molecule has 3 spiro atoms. The van der Waals surface area contributed by atoms with Crippen molar-refractivity contribution in [1.82, 2.24) is 118 Å². The van der Waals surface area contributed by atoms with E-state index in [1.807, 2.05) is 68.4 Å². The first-order valence-electron chi connectivity index (χ1n) is 50.5. The summed E-state index contributed by atoms with van der Waals surface area (Å²) in [6, 6.07) is 20.8. The lowest BCUT2D eigenvalue weighted by Crippen LogP contribution is -2.48. The van der Waals surface area contributed by atoms with E-state index in [2.05, 4.69) is 236 Å². The highest BCUT2D eigenvalue weighted by atomic mass is 16.3. The van der Waals surface area contributed by atoms with Crippen LogP contribution >= 0.6 is 0 Å². The number of pyridine rings is 4. The number of nitrogens with one attached hydrogen (secondary N) is 4. The summed E-state index contributed by atoms with van der Waals surface area (Å²) in [5.41, 5.74) is 12.1. The van der Waals surface area contributed by atoms with Crippen LogP contribution < -0.4 is 52.1 Å². The molecule has 718 valence electrons. The van der Waals surface area contributed by atoms with Crippen LogP contribution in [0.15, 0.2) is 120 Å². The van der Waals surface area contributed by atoms with Crippen molar-refractivity contribution in [2.75, 3.05) is 159 Å². The number of carbonyl (C=O) groups excluding carboxylic acids is 1. The number of imidazole rings is 1. The molecule has 19 heterocycles. The summed E-state index contributed by atoms with van der Waals surface area (Å²) in [7, 11) is 0. The zero-order valence-corrected chi connectivity index (χ0v) is 81.0. The lowest BCUT2D eigenvalue weighted by Gasteiger charge is -2.47. The van der Waals surface area contributed by atoms with Gasteiger partial charge in [-0.25, -0.2) is 54.8 Å². The lowest BCUT2D eigenvalue weighted by atomic mass is 9.56. The average molecular weight is 1850 g/mol. The van der Waals surface area contributed by atoms with Crippen LogP contribution in [0.1, 0.15) is 187 Å². The van der Waals surface area contributed by atoms with Gasteiger partial charge in [0.05, 0.1) is 88.1 Å². The molecule has 2 unspecified atom stereocenters. The van der Waals surface area contributed by atoms with E-state index in [0.717, 1.165) is 256 Å². The Morgan fingerprint density at radius 2 is 0.927 bits per heavy atom. The van der Waals surface area contributed by atoms with Gasteiger partial charge < -0.3 is 55.1 Å². The summed E-state index contributed by atoms with van der Waals surface area (Å²) < 4.78 is 8.85. The number of nitrogens with zero attached hydrogens (tertiary/aromatic N) is 30. The molecule has 137 heavy (non-hydrogen) atoms. The van der Waals surface area contributed by atoms with Crippen molar-refractivity contribution >= 4 is 86.5 Å². The van der Waals surface area contributed by atoms with Gasteiger partial charge in [0.15, 0.2) is 34.9 Å². The third-order valence-corrected chi connectivity index (χ3v) is 31.4. The fourth-order valence-corrected chi connectivity index (χ4v) is 23.6. The summed E-state index contributed by atoms with van der Waals surface area (Å²) in [6.07, 6.45) is 37.6. The summed E-state index contributed by atoms with van der Waals surface area (Å²) >= 11 is 0. The highest BCUT2D eigenvalue weighted by Crippen LogP contribution is 2.60. The fourth-order valence-electron chi connectivity index (χ4n) is 23.6. The van der Waals surface area contributed by atoms with E-state index in [9.17, 15) is 9.90 Å². The molecule has 8 aromatic heterocycles. The van der Waals surface area contributed by atoms with Gasteiger partial charge in [0.25, 0.3) is 17.1 Å². The molecule has 0 radical (unpaired) electrons. The molecule has 2 atom stereocenters. The molecule has 8 aromatic rings. The second-order valence-corrected chi connectivity index (χ2v) is 40.8. The van der Waals surface area contributed by atoms with Crippen molar-refractivity contribution in [3.05, 3.63) is 139 Å². The van der Waals surface area contributed by atoms with Crippen LogP contribution in [0.4, 0.5) is 69.7 Å². The zero-order valence-electron chi connectivity index (χ0n) is 81.0. The first-order chi connectivity index (χ1) is 66.7. The Balaban J connectivity index is 0.000000109. The maximum atomic E-state index is 12.9. The monoisotopic (exact) mass is 1850 g/mol. The van der Waals surface area contributed by atoms with E-state index < -0.39 is 0 Å². The van der Waals surface area contributed by atoms with E-state index in [0.29, 0.717) is 87.7 Å². The number of Topliss-reactive ketones (excluding diaryl/α,β-unsaturated/α-hetero) is 1. The molecular formula is C101H132N34O2. The smallest absolute Gasteiger partial charge is 0.253 e. The van der Waals surface area contributed by atoms with Crippen molar-refractivity contribution in [3.63, 3.8) is 0 Å². The lowest BCUT2D eigenvalue weighted by molar-refractivity contribution is -0.129. The first kappa shape index (κ1) is 91.0. The number of rotatable bonds is 14. The predicted octanol–water partition coefficient (Wildman–Crippen LogP) is 13.1. The van der Waals surface area contributed by atoms with E-state index in [4.69, 9.17) is 24.9 Å². The maximum Gasteiger partial charge on any atom is 0.253 e.